The lowest BCUT2D eigenvalue weighted by Crippen LogP contribution is -2.60. The number of nitrogens with one attached hydrogen (secondary N) is 4. The molecule has 0 aliphatic rings. The molecule has 3 amide bonds. The number of rotatable bonds is 13. The van der Waals surface area contributed by atoms with Gasteiger partial charge in [-0.25, -0.2) is 9.78 Å². The molecule has 0 saturated carbocycles. The molecule has 0 saturated heterocycles. The van der Waals surface area contributed by atoms with Crippen LogP contribution in [0, 0.1) is 5.92 Å². The van der Waals surface area contributed by atoms with Gasteiger partial charge in [-0.2, -0.15) is 0 Å². The Kier molecular flexibility index (Phi) is 10.6. The molecule has 5 unspecified atom stereocenters. The highest BCUT2D eigenvalue weighted by Gasteiger charge is 2.33. The van der Waals surface area contributed by atoms with E-state index >= 15 is 0 Å². The zero-order valence-corrected chi connectivity index (χ0v) is 20.8. The number of carbonyl (C=O) groups excluding carboxylic acids is 3. The van der Waals surface area contributed by atoms with Gasteiger partial charge in [-0.15, -0.1) is 0 Å². The number of amides is 3. The van der Waals surface area contributed by atoms with Gasteiger partial charge in [-0.1, -0.05) is 26.0 Å². The maximum atomic E-state index is 13.2. The quantitative estimate of drug-likeness (QED) is 0.159. The smallest absolute Gasteiger partial charge is 0.326 e. The number of hydrogen-bond acceptors (Lipinski definition) is 8. The van der Waals surface area contributed by atoms with Crippen molar-refractivity contribution in [3.8, 4) is 5.75 Å². The number of aliphatic hydroxyl groups excluding tert-OH is 1. The Morgan fingerprint density at radius 2 is 1.57 bits per heavy atom. The number of nitrogens with zero attached hydrogens (tertiary/aromatic N) is 1. The molecule has 2 rings (SSSR count). The molecule has 1 aromatic carbocycles. The number of phenols is 1. The Labute approximate surface area is 213 Å². The van der Waals surface area contributed by atoms with Gasteiger partial charge in [0.25, 0.3) is 0 Å². The topological polar surface area (TPSA) is 220 Å². The summed E-state index contributed by atoms with van der Waals surface area (Å²) in [5, 5.41) is 36.2. The highest BCUT2D eigenvalue weighted by atomic mass is 16.4. The number of aliphatic hydroxyl groups is 1. The largest absolute Gasteiger partial charge is 0.508 e. The fraction of sp³-hybridized carbons (Fsp3) is 0.458. The summed E-state index contributed by atoms with van der Waals surface area (Å²) < 4.78 is 0. The van der Waals surface area contributed by atoms with Crippen LogP contribution in [0.1, 0.15) is 32.0 Å². The third-order valence-electron chi connectivity index (χ3n) is 5.63. The molecule has 0 aliphatic heterocycles. The van der Waals surface area contributed by atoms with E-state index < -0.39 is 59.9 Å². The summed E-state index contributed by atoms with van der Waals surface area (Å²) >= 11 is 0. The molecule has 202 valence electrons. The molecule has 0 radical (unpaired) electrons. The molecular weight excluding hydrogens is 484 g/mol. The van der Waals surface area contributed by atoms with Gasteiger partial charge in [0.15, 0.2) is 0 Å². The van der Waals surface area contributed by atoms with Crippen molar-refractivity contribution >= 4 is 23.7 Å². The molecule has 9 N–H and O–H groups in total. The number of aromatic amines is 1. The molecule has 0 spiro atoms. The number of aromatic hydroxyl groups is 1. The second-order valence-electron chi connectivity index (χ2n) is 9.11. The number of carboxylic acids is 1. The third-order valence-corrected chi connectivity index (χ3v) is 5.63. The first-order valence-electron chi connectivity index (χ1n) is 11.7. The number of aromatic nitrogens is 2. The Bertz CT molecular complexity index is 1060. The molecular formula is C24H34N6O7. The van der Waals surface area contributed by atoms with E-state index in [-0.39, 0.29) is 18.6 Å². The zero-order valence-electron chi connectivity index (χ0n) is 20.8. The van der Waals surface area contributed by atoms with E-state index in [9.17, 15) is 34.5 Å². The van der Waals surface area contributed by atoms with Crippen molar-refractivity contribution in [3.05, 3.63) is 48.0 Å². The second-order valence-corrected chi connectivity index (χ2v) is 9.11. The number of H-pyrrole nitrogens is 1. The van der Waals surface area contributed by atoms with Crippen molar-refractivity contribution in [2.75, 3.05) is 0 Å². The third kappa shape index (κ3) is 8.88. The van der Waals surface area contributed by atoms with Gasteiger partial charge in [0.05, 0.1) is 18.5 Å². The summed E-state index contributed by atoms with van der Waals surface area (Å²) in [6.45, 7) is 4.48. The van der Waals surface area contributed by atoms with Crippen LogP contribution in [0.15, 0.2) is 36.8 Å². The van der Waals surface area contributed by atoms with Gasteiger partial charge in [-0.3, -0.25) is 14.4 Å². The summed E-state index contributed by atoms with van der Waals surface area (Å²) in [5.74, 6) is -3.97. The van der Waals surface area contributed by atoms with Crippen LogP contribution in [0.2, 0.25) is 0 Å². The predicted molar refractivity (Wildman–Crippen MR) is 132 cm³/mol. The molecule has 0 bridgehead atoms. The van der Waals surface area contributed by atoms with Crippen molar-refractivity contribution in [1.82, 2.24) is 25.9 Å². The number of imidazole rings is 1. The van der Waals surface area contributed by atoms with E-state index in [0.717, 1.165) is 0 Å². The lowest BCUT2D eigenvalue weighted by molar-refractivity contribution is -0.144. The Morgan fingerprint density at radius 3 is 2.08 bits per heavy atom. The van der Waals surface area contributed by atoms with Crippen LogP contribution in [0.25, 0.3) is 0 Å². The Morgan fingerprint density at radius 1 is 0.946 bits per heavy atom. The standard InChI is InChI=1S/C24H34N6O7/c1-12(2)19(24(36)37)29-23(35)20(13(3)31)30-22(34)18(9-15-10-26-11-27-15)28-21(33)17(25)8-14-4-6-16(32)7-5-14/h4-7,10-13,17-20,31-32H,8-9,25H2,1-3H3,(H,26,27)(H,28,33)(H,29,35)(H,30,34)(H,36,37). The van der Waals surface area contributed by atoms with Crippen molar-refractivity contribution in [3.63, 3.8) is 0 Å². The van der Waals surface area contributed by atoms with E-state index in [4.69, 9.17) is 5.73 Å². The number of carboxylic acid groups (broad SMARTS) is 1. The zero-order chi connectivity index (χ0) is 27.7. The monoisotopic (exact) mass is 518 g/mol. The first-order valence-corrected chi connectivity index (χ1v) is 11.7. The number of hydrogen-bond donors (Lipinski definition) is 8. The molecule has 0 fully saturated rings. The van der Waals surface area contributed by atoms with Crippen LogP contribution >= 0.6 is 0 Å². The highest BCUT2D eigenvalue weighted by molar-refractivity contribution is 5.94. The minimum Gasteiger partial charge on any atom is -0.508 e. The highest BCUT2D eigenvalue weighted by Crippen LogP contribution is 2.11. The van der Waals surface area contributed by atoms with Crippen molar-refractivity contribution in [2.24, 2.45) is 11.7 Å². The minimum atomic E-state index is -1.49. The lowest BCUT2D eigenvalue weighted by atomic mass is 10.0. The predicted octanol–water partition coefficient (Wildman–Crippen LogP) is -1.20. The first kappa shape index (κ1) is 29.3. The molecule has 37 heavy (non-hydrogen) atoms. The van der Waals surface area contributed by atoms with Crippen LogP contribution in [0.5, 0.6) is 5.75 Å². The summed E-state index contributed by atoms with van der Waals surface area (Å²) in [6.07, 6.45) is 1.59. The normalized spacial score (nSPS) is 15.2. The van der Waals surface area contributed by atoms with Crippen molar-refractivity contribution < 1.29 is 34.5 Å². The van der Waals surface area contributed by atoms with Crippen molar-refractivity contribution in [2.45, 2.75) is 63.9 Å². The van der Waals surface area contributed by atoms with E-state index in [2.05, 4.69) is 25.9 Å². The molecule has 2 aromatic rings. The first-order chi connectivity index (χ1) is 17.4. The number of aliphatic carboxylic acids is 1. The summed E-state index contributed by atoms with van der Waals surface area (Å²) in [7, 11) is 0. The SMILES string of the molecule is CC(C)C(NC(=O)C(NC(=O)C(Cc1cnc[nH]1)NC(=O)C(N)Cc1ccc(O)cc1)C(C)O)C(=O)O. The fourth-order valence-electron chi connectivity index (χ4n) is 3.50. The number of carbonyl (C=O) groups is 4. The van der Waals surface area contributed by atoms with Gasteiger partial charge < -0.3 is 42.0 Å². The van der Waals surface area contributed by atoms with E-state index in [1.54, 1.807) is 26.0 Å². The van der Waals surface area contributed by atoms with Crippen LogP contribution < -0.4 is 21.7 Å². The van der Waals surface area contributed by atoms with Crippen LogP contribution in [0.4, 0.5) is 0 Å². The average Bonchev–Trinajstić information content (AvgIpc) is 3.34. The lowest BCUT2D eigenvalue weighted by Gasteiger charge is -2.27. The van der Waals surface area contributed by atoms with Gasteiger partial charge >= 0.3 is 5.97 Å². The van der Waals surface area contributed by atoms with E-state index in [1.807, 2.05) is 0 Å². The van der Waals surface area contributed by atoms with Gasteiger partial charge in [0.1, 0.15) is 23.9 Å². The Balaban J connectivity index is 2.16. The summed E-state index contributed by atoms with van der Waals surface area (Å²) in [4.78, 5) is 56.9. The summed E-state index contributed by atoms with van der Waals surface area (Å²) in [5.41, 5.74) is 7.24. The van der Waals surface area contributed by atoms with E-state index in [1.165, 1.54) is 31.6 Å². The molecule has 1 heterocycles. The molecule has 13 heteroatoms. The van der Waals surface area contributed by atoms with E-state index in [0.29, 0.717) is 11.3 Å². The second kappa shape index (κ2) is 13.4. The maximum Gasteiger partial charge on any atom is 0.326 e. The molecule has 5 atom stereocenters. The average molecular weight is 519 g/mol. The van der Waals surface area contributed by atoms with Crippen LogP contribution in [0.3, 0.4) is 0 Å². The van der Waals surface area contributed by atoms with Crippen LogP contribution in [-0.4, -0.2) is 79.2 Å². The summed E-state index contributed by atoms with van der Waals surface area (Å²) in [6, 6.07) is 1.21. The van der Waals surface area contributed by atoms with Crippen molar-refractivity contribution in [1.29, 1.82) is 0 Å². The molecule has 13 nitrogen and oxygen atoms in total. The number of benzene rings is 1. The minimum absolute atomic E-state index is 0.0264. The van der Waals surface area contributed by atoms with Gasteiger partial charge in [0, 0.05) is 18.3 Å². The van der Waals surface area contributed by atoms with Gasteiger partial charge in [0.2, 0.25) is 17.7 Å². The molecule has 0 aliphatic carbocycles. The number of nitrogens with two attached hydrogens (primary N) is 1. The van der Waals surface area contributed by atoms with Crippen LogP contribution in [-0.2, 0) is 32.0 Å². The van der Waals surface area contributed by atoms with Gasteiger partial charge in [-0.05, 0) is 37.0 Å². The molecule has 1 aromatic heterocycles. The number of phenolic OH excluding ortho intramolecular Hbond substituents is 1. The fourth-order valence-corrected chi connectivity index (χ4v) is 3.50. The maximum absolute atomic E-state index is 13.2. The Hall–Kier alpha value is -3.97.